The monoisotopic (exact) mass is 466 g/mol. The van der Waals surface area contributed by atoms with E-state index in [0.29, 0.717) is 27.8 Å². The number of nitrogens with one attached hydrogen (secondary N) is 2. The van der Waals surface area contributed by atoms with Crippen LogP contribution in [0.3, 0.4) is 0 Å². The Morgan fingerprint density at radius 2 is 1.85 bits per heavy atom. The second kappa shape index (κ2) is 10.0. The van der Waals surface area contributed by atoms with E-state index in [-0.39, 0.29) is 18.4 Å². The molecule has 0 spiro atoms. The summed E-state index contributed by atoms with van der Waals surface area (Å²) in [7, 11) is 5.15. The van der Waals surface area contributed by atoms with Crippen LogP contribution in [-0.2, 0) is 19.5 Å². The number of anilines is 1. The normalized spacial score (nSPS) is 13.2. The first-order chi connectivity index (χ1) is 16.0. The van der Waals surface area contributed by atoms with Crippen molar-refractivity contribution in [3.8, 4) is 11.5 Å². The van der Waals surface area contributed by atoms with Gasteiger partial charge in [-0.1, -0.05) is 12.1 Å². The van der Waals surface area contributed by atoms with Crippen LogP contribution in [0, 0.1) is 0 Å². The van der Waals surface area contributed by atoms with Crippen molar-refractivity contribution < 1.29 is 19.1 Å². The lowest BCUT2D eigenvalue weighted by molar-refractivity contribution is 0.0950. The van der Waals surface area contributed by atoms with Crippen molar-refractivity contribution in [1.29, 1.82) is 0 Å². The summed E-state index contributed by atoms with van der Waals surface area (Å²) in [6.45, 7) is 2.12. The number of aromatic nitrogens is 1. The molecular weight excluding hydrogens is 440 g/mol. The number of fused-ring (bicyclic) bond motifs is 1. The second-order valence-electron chi connectivity index (χ2n) is 7.78. The summed E-state index contributed by atoms with van der Waals surface area (Å²) in [4.78, 5) is 33.4. The summed E-state index contributed by atoms with van der Waals surface area (Å²) in [6.07, 6.45) is 0.896. The van der Waals surface area contributed by atoms with Crippen LogP contribution in [0.1, 0.15) is 36.9 Å². The minimum absolute atomic E-state index is 0.220. The molecule has 1 aliphatic heterocycles. The fourth-order valence-electron chi connectivity index (χ4n) is 3.63. The molecule has 0 saturated heterocycles. The Balaban J connectivity index is 1.39. The minimum atomic E-state index is -0.246. The maximum atomic E-state index is 12.8. The van der Waals surface area contributed by atoms with Gasteiger partial charge in [0.2, 0.25) is 0 Å². The van der Waals surface area contributed by atoms with Crippen molar-refractivity contribution in [2.45, 2.75) is 19.5 Å². The number of carbonyl (C=O) groups is 2. The number of likely N-dealkylation sites (N-methyl/N-ethyl adjacent to an activating group) is 1. The molecule has 1 aromatic heterocycles. The van der Waals surface area contributed by atoms with Gasteiger partial charge in [-0.2, -0.15) is 0 Å². The summed E-state index contributed by atoms with van der Waals surface area (Å²) in [5.74, 6) is 0.576. The van der Waals surface area contributed by atoms with Crippen LogP contribution in [0.2, 0.25) is 0 Å². The van der Waals surface area contributed by atoms with Gasteiger partial charge in [-0.05, 0) is 42.9 Å². The van der Waals surface area contributed by atoms with Crippen molar-refractivity contribution >= 4 is 28.3 Å². The van der Waals surface area contributed by atoms with Crippen LogP contribution in [0.25, 0.3) is 0 Å². The number of amides is 2. The Morgan fingerprint density at radius 3 is 2.64 bits per heavy atom. The fraction of sp³-hybridized carbons (Fsp3) is 0.292. The summed E-state index contributed by atoms with van der Waals surface area (Å²) in [5, 5.41) is 6.40. The third-order valence-electron chi connectivity index (χ3n) is 5.43. The molecule has 8 nitrogen and oxygen atoms in total. The number of ether oxygens (including phenoxy) is 2. The van der Waals surface area contributed by atoms with E-state index >= 15 is 0 Å². The van der Waals surface area contributed by atoms with E-state index in [9.17, 15) is 9.59 Å². The van der Waals surface area contributed by atoms with Crippen LogP contribution in [0.15, 0.2) is 42.5 Å². The molecule has 0 radical (unpaired) electrons. The predicted molar refractivity (Wildman–Crippen MR) is 127 cm³/mol. The molecule has 33 heavy (non-hydrogen) atoms. The molecule has 2 heterocycles. The number of nitrogens with zero attached hydrogens (tertiary/aromatic N) is 2. The third kappa shape index (κ3) is 5.32. The molecule has 4 rings (SSSR count). The van der Waals surface area contributed by atoms with E-state index < -0.39 is 0 Å². The van der Waals surface area contributed by atoms with Gasteiger partial charge < -0.3 is 19.7 Å². The predicted octanol–water partition coefficient (Wildman–Crippen LogP) is 3.33. The number of benzene rings is 2. The maximum absolute atomic E-state index is 12.8. The van der Waals surface area contributed by atoms with Gasteiger partial charge in [-0.15, -0.1) is 11.3 Å². The van der Waals surface area contributed by atoms with E-state index in [1.54, 1.807) is 43.5 Å². The van der Waals surface area contributed by atoms with Gasteiger partial charge >= 0.3 is 0 Å². The molecule has 0 unspecified atom stereocenters. The zero-order valence-corrected chi connectivity index (χ0v) is 19.6. The molecule has 3 aromatic rings. The van der Waals surface area contributed by atoms with E-state index in [1.165, 1.54) is 23.3 Å². The first-order valence-corrected chi connectivity index (χ1v) is 11.4. The summed E-state index contributed by atoms with van der Waals surface area (Å²) in [5.41, 5.74) is 2.86. The number of thiazole rings is 1. The van der Waals surface area contributed by atoms with Crippen molar-refractivity contribution in [1.82, 2.24) is 15.2 Å². The molecule has 0 atom stereocenters. The largest absolute Gasteiger partial charge is 0.493 e. The van der Waals surface area contributed by atoms with Gasteiger partial charge in [-0.3, -0.25) is 14.9 Å². The van der Waals surface area contributed by atoms with Gasteiger partial charge in [0.15, 0.2) is 16.6 Å². The Hall–Kier alpha value is -3.43. The molecular formula is C24H26N4O4S. The highest BCUT2D eigenvalue weighted by atomic mass is 32.1. The van der Waals surface area contributed by atoms with Gasteiger partial charge in [-0.25, -0.2) is 4.98 Å². The number of hydrogen-bond acceptors (Lipinski definition) is 7. The average Bonchev–Trinajstić information content (AvgIpc) is 3.23. The zero-order valence-electron chi connectivity index (χ0n) is 18.8. The zero-order chi connectivity index (χ0) is 23.4. The standard InChI is InChI=1S/C24H26N4O4S/c1-28-10-9-18-21(14-28)33-24(26-18)27-23(30)16-6-4-5-15(11-16)13-25-22(29)17-7-8-19(31-2)20(12-17)32-3/h4-8,11-12H,9-10,13-14H2,1-3H3,(H,25,29)(H,26,27,30). The molecule has 172 valence electrons. The average molecular weight is 467 g/mol. The van der Waals surface area contributed by atoms with Gasteiger partial charge in [0.05, 0.1) is 19.9 Å². The first-order valence-electron chi connectivity index (χ1n) is 10.5. The van der Waals surface area contributed by atoms with Crippen molar-refractivity contribution in [3.05, 3.63) is 69.7 Å². The number of hydrogen-bond donors (Lipinski definition) is 2. The topological polar surface area (TPSA) is 92.8 Å². The van der Waals surface area contributed by atoms with Crippen molar-refractivity contribution in [2.24, 2.45) is 0 Å². The quantitative estimate of drug-likeness (QED) is 0.555. The lowest BCUT2D eigenvalue weighted by Gasteiger charge is -2.20. The summed E-state index contributed by atoms with van der Waals surface area (Å²) < 4.78 is 10.5. The molecule has 9 heteroatoms. The number of rotatable bonds is 7. The Kier molecular flexibility index (Phi) is 6.90. The van der Waals surface area contributed by atoms with Crippen molar-refractivity contribution in [3.63, 3.8) is 0 Å². The summed E-state index contributed by atoms with van der Waals surface area (Å²) in [6, 6.07) is 12.2. The molecule has 0 saturated carbocycles. The third-order valence-corrected chi connectivity index (χ3v) is 6.43. The Bertz CT molecular complexity index is 1180. The highest BCUT2D eigenvalue weighted by molar-refractivity contribution is 7.15. The van der Waals surface area contributed by atoms with Crippen LogP contribution in [-0.4, -0.2) is 49.5 Å². The van der Waals surface area contributed by atoms with E-state index in [0.717, 1.165) is 30.8 Å². The van der Waals surface area contributed by atoms with Gasteiger partial charge in [0, 0.05) is 42.1 Å². The molecule has 2 aromatic carbocycles. The molecule has 0 bridgehead atoms. The van der Waals surface area contributed by atoms with Crippen molar-refractivity contribution in [2.75, 3.05) is 33.1 Å². The van der Waals surface area contributed by atoms with E-state index in [4.69, 9.17) is 9.47 Å². The number of carbonyl (C=O) groups excluding carboxylic acids is 2. The van der Waals surface area contributed by atoms with Crippen LogP contribution >= 0.6 is 11.3 Å². The van der Waals surface area contributed by atoms with Gasteiger partial charge in [0.1, 0.15) is 0 Å². The van der Waals surface area contributed by atoms with Gasteiger partial charge in [0.25, 0.3) is 11.8 Å². The number of methoxy groups -OCH3 is 2. The highest BCUT2D eigenvalue weighted by Gasteiger charge is 2.19. The fourth-order valence-corrected chi connectivity index (χ4v) is 4.71. The van der Waals surface area contributed by atoms with E-state index in [1.807, 2.05) is 6.07 Å². The molecule has 0 aliphatic carbocycles. The summed E-state index contributed by atoms with van der Waals surface area (Å²) >= 11 is 1.52. The van der Waals surface area contributed by atoms with Crippen LogP contribution < -0.4 is 20.1 Å². The van der Waals surface area contributed by atoms with Crippen LogP contribution in [0.5, 0.6) is 11.5 Å². The molecule has 2 N–H and O–H groups in total. The second-order valence-corrected chi connectivity index (χ2v) is 8.87. The van der Waals surface area contributed by atoms with E-state index in [2.05, 4.69) is 27.6 Å². The molecule has 2 amide bonds. The Morgan fingerprint density at radius 1 is 1.06 bits per heavy atom. The SMILES string of the molecule is COc1ccc(C(=O)NCc2cccc(C(=O)Nc3nc4c(s3)CN(C)CC4)c2)cc1OC. The molecule has 0 fully saturated rings. The lowest BCUT2D eigenvalue weighted by atomic mass is 10.1. The maximum Gasteiger partial charge on any atom is 0.257 e. The smallest absolute Gasteiger partial charge is 0.257 e. The van der Waals surface area contributed by atoms with Crippen LogP contribution in [0.4, 0.5) is 5.13 Å². The molecule has 1 aliphatic rings. The highest BCUT2D eigenvalue weighted by Crippen LogP contribution is 2.29. The Labute approximate surface area is 196 Å². The lowest BCUT2D eigenvalue weighted by Crippen LogP contribution is -2.25. The minimum Gasteiger partial charge on any atom is -0.493 e. The first kappa shape index (κ1) is 22.8.